The van der Waals surface area contributed by atoms with Crippen molar-refractivity contribution in [1.29, 1.82) is 0 Å². The van der Waals surface area contributed by atoms with Crippen molar-refractivity contribution in [2.45, 2.75) is 26.8 Å². The van der Waals surface area contributed by atoms with Crippen LogP contribution in [0.4, 0.5) is 5.69 Å². The topological polar surface area (TPSA) is 32.3 Å². The van der Waals surface area contributed by atoms with E-state index in [9.17, 15) is 4.79 Å². The van der Waals surface area contributed by atoms with Crippen molar-refractivity contribution in [1.82, 2.24) is 4.90 Å². The van der Waals surface area contributed by atoms with Gasteiger partial charge < -0.3 is 5.32 Å². The molecule has 1 amide bonds. The highest BCUT2D eigenvalue weighted by atomic mass is 35.5. The Kier molecular flexibility index (Phi) is 6.20. The largest absolute Gasteiger partial charge is 0.325 e. The summed E-state index contributed by atoms with van der Waals surface area (Å²) in [6.45, 7) is 5.12. The van der Waals surface area contributed by atoms with E-state index in [1.807, 2.05) is 37.1 Å². The third kappa shape index (κ3) is 5.08. The Hall–Kier alpha value is -1.84. The van der Waals surface area contributed by atoms with Crippen LogP contribution in [0.5, 0.6) is 0 Å². The van der Waals surface area contributed by atoms with Gasteiger partial charge in [-0.3, -0.25) is 9.69 Å². The third-order valence-corrected chi connectivity index (χ3v) is 4.25. The molecule has 0 spiro atoms. The van der Waals surface area contributed by atoms with Crippen LogP contribution in [0.2, 0.25) is 5.02 Å². The van der Waals surface area contributed by atoms with Gasteiger partial charge in [0.15, 0.2) is 0 Å². The molecule has 122 valence electrons. The van der Waals surface area contributed by atoms with Gasteiger partial charge in [-0.2, -0.15) is 0 Å². The van der Waals surface area contributed by atoms with Crippen molar-refractivity contribution in [3.05, 3.63) is 64.2 Å². The van der Waals surface area contributed by atoms with E-state index in [1.165, 1.54) is 11.1 Å². The molecule has 0 atom stereocenters. The summed E-state index contributed by atoms with van der Waals surface area (Å²) in [5.74, 6) is -0.0388. The molecular formula is C19H23ClN2O. The average Bonchev–Trinajstić information content (AvgIpc) is 2.52. The number of carbonyl (C=O) groups is 1. The highest BCUT2D eigenvalue weighted by Gasteiger charge is 2.10. The lowest BCUT2D eigenvalue weighted by molar-refractivity contribution is -0.117. The van der Waals surface area contributed by atoms with Gasteiger partial charge in [-0.25, -0.2) is 0 Å². The van der Waals surface area contributed by atoms with Crippen LogP contribution in [0, 0.1) is 6.92 Å². The molecule has 2 rings (SSSR count). The Bertz CT molecular complexity index is 668. The van der Waals surface area contributed by atoms with Crippen LogP contribution in [0.1, 0.15) is 23.6 Å². The first kappa shape index (κ1) is 17.5. The molecule has 0 aliphatic rings. The molecule has 0 heterocycles. The summed E-state index contributed by atoms with van der Waals surface area (Å²) >= 11 is 6.07. The van der Waals surface area contributed by atoms with Gasteiger partial charge in [0.2, 0.25) is 5.91 Å². The Morgan fingerprint density at radius 2 is 1.78 bits per heavy atom. The van der Waals surface area contributed by atoms with Crippen LogP contribution in [0.25, 0.3) is 0 Å². The third-order valence-electron chi connectivity index (χ3n) is 3.84. The Morgan fingerprint density at radius 3 is 2.43 bits per heavy atom. The predicted octanol–water partition coefficient (Wildman–Crippen LogP) is 4.28. The fourth-order valence-corrected chi connectivity index (χ4v) is 2.60. The summed E-state index contributed by atoms with van der Waals surface area (Å²) in [4.78, 5) is 14.2. The van der Waals surface area contributed by atoms with Crippen LogP contribution in [-0.4, -0.2) is 24.4 Å². The number of hydrogen-bond donors (Lipinski definition) is 1. The zero-order valence-corrected chi connectivity index (χ0v) is 14.7. The van der Waals surface area contributed by atoms with E-state index in [2.05, 4.69) is 36.5 Å². The number of carbonyl (C=O) groups excluding carboxylic acids is 1. The van der Waals surface area contributed by atoms with Crippen LogP contribution >= 0.6 is 11.6 Å². The highest BCUT2D eigenvalue weighted by molar-refractivity contribution is 6.31. The standard InChI is InChI=1S/C19H23ClN2O/c1-4-15-8-10-16(11-9-15)12-22(3)13-19(23)21-18-7-5-6-17(20)14(18)2/h5-11H,4,12-13H2,1-3H3,(H,21,23). The number of benzene rings is 2. The van der Waals surface area contributed by atoms with Crippen LogP contribution < -0.4 is 5.32 Å². The summed E-state index contributed by atoms with van der Waals surface area (Å²) in [5.41, 5.74) is 4.19. The molecule has 23 heavy (non-hydrogen) atoms. The molecule has 2 aromatic carbocycles. The van der Waals surface area contributed by atoms with E-state index in [0.29, 0.717) is 11.6 Å². The Morgan fingerprint density at radius 1 is 1.13 bits per heavy atom. The van der Waals surface area contributed by atoms with Gasteiger partial charge in [0, 0.05) is 17.3 Å². The van der Waals surface area contributed by atoms with Gasteiger partial charge in [-0.1, -0.05) is 48.9 Å². The van der Waals surface area contributed by atoms with Gasteiger partial charge in [-0.05, 0) is 49.2 Å². The summed E-state index contributed by atoms with van der Waals surface area (Å²) < 4.78 is 0. The van der Waals surface area contributed by atoms with Crippen molar-refractivity contribution < 1.29 is 4.79 Å². The molecule has 4 heteroatoms. The number of nitrogens with one attached hydrogen (secondary N) is 1. The monoisotopic (exact) mass is 330 g/mol. The van der Waals surface area contributed by atoms with Crippen molar-refractivity contribution in [3.63, 3.8) is 0 Å². The van der Waals surface area contributed by atoms with Crippen molar-refractivity contribution in [2.75, 3.05) is 18.9 Å². The number of aryl methyl sites for hydroxylation is 1. The van der Waals surface area contributed by atoms with E-state index in [-0.39, 0.29) is 5.91 Å². The Balaban J connectivity index is 1.90. The summed E-state index contributed by atoms with van der Waals surface area (Å²) in [6, 6.07) is 14.0. The van der Waals surface area contributed by atoms with Crippen LogP contribution in [0.15, 0.2) is 42.5 Å². The fourth-order valence-electron chi connectivity index (χ4n) is 2.43. The van der Waals surface area contributed by atoms with Gasteiger partial charge in [0.05, 0.1) is 6.54 Å². The molecule has 0 bridgehead atoms. The van der Waals surface area contributed by atoms with Crippen LogP contribution in [-0.2, 0) is 17.8 Å². The lowest BCUT2D eigenvalue weighted by Gasteiger charge is -2.17. The molecular weight excluding hydrogens is 308 g/mol. The van der Waals surface area contributed by atoms with Gasteiger partial charge in [0.1, 0.15) is 0 Å². The number of amides is 1. The first-order valence-electron chi connectivity index (χ1n) is 7.81. The average molecular weight is 331 g/mol. The first-order valence-corrected chi connectivity index (χ1v) is 8.18. The summed E-state index contributed by atoms with van der Waals surface area (Å²) in [5, 5.41) is 3.58. The molecule has 0 saturated heterocycles. The molecule has 0 radical (unpaired) electrons. The molecule has 1 N–H and O–H groups in total. The van der Waals surface area contributed by atoms with E-state index in [4.69, 9.17) is 11.6 Å². The number of hydrogen-bond acceptors (Lipinski definition) is 2. The highest BCUT2D eigenvalue weighted by Crippen LogP contribution is 2.22. The predicted molar refractivity (Wildman–Crippen MR) is 97.0 cm³/mol. The summed E-state index contributed by atoms with van der Waals surface area (Å²) in [6.07, 6.45) is 1.04. The lowest BCUT2D eigenvalue weighted by atomic mass is 10.1. The Labute approximate surface area is 143 Å². The molecule has 0 saturated carbocycles. The van der Waals surface area contributed by atoms with E-state index in [0.717, 1.165) is 24.2 Å². The normalized spacial score (nSPS) is 10.8. The molecule has 2 aromatic rings. The van der Waals surface area contributed by atoms with Gasteiger partial charge in [-0.15, -0.1) is 0 Å². The van der Waals surface area contributed by atoms with Gasteiger partial charge >= 0.3 is 0 Å². The maximum absolute atomic E-state index is 12.2. The lowest BCUT2D eigenvalue weighted by Crippen LogP contribution is -2.30. The number of nitrogens with zero attached hydrogens (tertiary/aromatic N) is 1. The van der Waals surface area contributed by atoms with Crippen molar-refractivity contribution >= 4 is 23.2 Å². The fraction of sp³-hybridized carbons (Fsp3) is 0.316. The SMILES string of the molecule is CCc1ccc(CN(C)CC(=O)Nc2cccc(Cl)c2C)cc1. The van der Waals surface area contributed by atoms with Crippen molar-refractivity contribution in [2.24, 2.45) is 0 Å². The second-order valence-corrected chi connectivity index (χ2v) is 6.21. The number of halogens is 1. The maximum atomic E-state index is 12.2. The molecule has 3 nitrogen and oxygen atoms in total. The minimum Gasteiger partial charge on any atom is -0.325 e. The molecule has 0 unspecified atom stereocenters. The molecule has 0 fully saturated rings. The zero-order valence-electron chi connectivity index (χ0n) is 13.9. The van der Waals surface area contributed by atoms with Crippen LogP contribution in [0.3, 0.4) is 0 Å². The molecule has 0 aliphatic heterocycles. The molecule has 0 aliphatic carbocycles. The smallest absolute Gasteiger partial charge is 0.238 e. The first-order chi connectivity index (χ1) is 11.0. The minimum absolute atomic E-state index is 0.0388. The second-order valence-electron chi connectivity index (χ2n) is 5.80. The van der Waals surface area contributed by atoms with Crippen molar-refractivity contribution in [3.8, 4) is 0 Å². The van der Waals surface area contributed by atoms with Gasteiger partial charge in [0.25, 0.3) is 0 Å². The van der Waals surface area contributed by atoms with E-state index in [1.54, 1.807) is 0 Å². The second kappa shape index (κ2) is 8.14. The maximum Gasteiger partial charge on any atom is 0.238 e. The number of rotatable bonds is 6. The molecule has 0 aromatic heterocycles. The summed E-state index contributed by atoms with van der Waals surface area (Å²) in [7, 11) is 1.94. The number of likely N-dealkylation sites (N-methyl/N-ethyl adjacent to an activating group) is 1. The number of anilines is 1. The van der Waals surface area contributed by atoms with E-state index < -0.39 is 0 Å². The van der Waals surface area contributed by atoms with E-state index >= 15 is 0 Å². The minimum atomic E-state index is -0.0388. The zero-order chi connectivity index (χ0) is 16.8. The quantitative estimate of drug-likeness (QED) is 0.857.